The summed E-state index contributed by atoms with van der Waals surface area (Å²) < 4.78 is 35.7. The number of aromatic nitrogens is 4. The van der Waals surface area contributed by atoms with Crippen LogP contribution in [0.4, 0.5) is 21.2 Å². The number of carbonyl (C=O) groups is 6. The standard InChI is InChI=1S/C20H19N5O2.C13H12N4O3.2C12H17NO2.2C7H15NO2.C6H13NO2.CH4O/c1-22-20(27)17-18(21)23-12-16(25-17)14-8-5-9-15(10-14)19(26)24-11-13-6-3-2-4-7-13;1-15-12(18)10-11(14)16-6-9(17-10)7-3-2-4-8(5-7)13(19)20;2*1-12(2,3)15-11(14)13-9-10-7-5-4-6-8-10;2*1-9-5-2-8-3-6-10-7-4-8;8-4-1-7-2-5-9-6-3-7;1-2/h2-10,12H,11H2,1H3,(H2,21,23)(H,22,27)(H,24,26);2-6H,1H3,(H2,14,16)(H,15,18)(H,19,20);2*4-8H,9H2,1-3H3,(H,13,14);2*2-7H2,1H3;8H,1-6H2;2H,1H3. The Morgan fingerprint density at radius 2 is 0.806 bits per heavy atom. The number of anilines is 2. The van der Waals surface area contributed by atoms with Crippen molar-refractivity contribution in [2.45, 2.75) is 72.4 Å². The summed E-state index contributed by atoms with van der Waals surface area (Å²) in [5.74, 6) is -2.04. The van der Waals surface area contributed by atoms with Gasteiger partial charge >= 0.3 is 18.2 Å². The molecule has 7 aromatic rings. The summed E-state index contributed by atoms with van der Waals surface area (Å²) in [4.78, 5) is 92.7. The molecule has 0 spiro atoms. The number of hydrogen-bond acceptors (Lipinski definition) is 24. The normalized spacial score (nSPS) is 13.3. The van der Waals surface area contributed by atoms with Gasteiger partial charge < -0.3 is 86.5 Å². The van der Waals surface area contributed by atoms with Crippen LogP contribution in [-0.4, -0.2) is 251 Å². The number of nitrogens with one attached hydrogen (secondary N) is 5. The Labute approximate surface area is 634 Å². The topological polar surface area (TPSA) is 401 Å². The van der Waals surface area contributed by atoms with Crippen LogP contribution in [0.15, 0.2) is 152 Å². The van der Waals surface area contributed by atoms with Gasteiger partial charge in [-0.05, 0) is 82.5 Å². The predicted molar refractivity (Wildman–Crippen MR) is 415 cm³/mol. The molecular weight excluding hydrogens is 1390 g/mol. The summed E-state index contributed by atoms with van der Waals surface area (Å²) in [7, 11) is 7.43. The number of aromatic carboxylic acids is 1. The molecule has 0 aliphatic carbocycles. The van der Waals surface area contributed by atoms with Gasteiger partial charge in [-0.15, -0.1) is 0 Å². The Balaban J connectivity index is 0.000000337. The average molecular weight is 1500 g/mol. The number of β-amino-alcohol motifs (C(OH)–C–C–N with tert-alkyl or cyclic N) is 1. The summed E-state index contributed by atoms with van der Waals surface area (Å²) in [6.07, 6.45) is 2.10. The number of carboxylic acid groups (broad SMARTS) is 1. The van der Waals surface area contributed by atoms with E-state index in [1.165, 1.54) is 38.6 Å². The Bertz CT molecular complexity index is 3600. The Morgan fingerprint density at radius 1 is 0.472 bits per heavy atom. The zero-order valence-corrected chi connectivity index (χ0v) is 64.2. The zero-order valence-electron chi connectivity index (χ0n) is 64.2. The van der Waals surface area contributed by atoms with Crippen LogP contribution in [0, 0.1) is 0 Å². The van der Waals surface area contributed by atoms with Crippen LogP contribution in [-0.2, 0) is 52.8 Å². The van der Waals surface area contributed by atoms with Crippen molar-refractivity contribution in [1.82, 2.24) is 61.2 Å². The minimum atomic E-state index is -1.04. The molecule has 2 aromatic heterocycles. The Kier molecular flexibility index (Phi) is 45.0. The van der Waals surface area contributed by atoms with E-state index in [1.807, 2.05) is 133 Å². The van der Waals surface area contributed by atoms with Crippen molar-refractivity contribution in [3.05, 3.63) is 191 Å². The lowest BCUT2D eigenvalue weighted by Crippen LogP contribution is -2.38. The summed E-state index contributed by atoms with van der Waals surface area (Å²) in [5, 5.41) is 37.7. The van der Waals surface area contributed by atoms with Crippen molar-refractivity contribution in [1.29, 1.82) is 0 Å². The fraction of sp³-hybridized carbons (Fsp3) is 0.436. The molecule has 3 aliphatic rings. The molecule has 5 aromatic carbocycles. The van der Waals surface area contributed by atoms with Gasteiger partial charge in [0.1, 0.15) is 11.2 Å². The summed E-state index contributed by atoms with van der Waals surface area (Å²) in [6.45, 7) is 28.6. The van der Waals surface area contributed by atoms with Crippen molar-refractivity contribution >= 4 is 47.5 Å². The number of alkyl carbamates (subject to hydrolysis) is 2. The van der Waals surface area contributed by atoms with Crippen LogP contribution in [0.2, 0.25) is 0 Å². The predicted octanol–water partition coefficient (Wildman–Crippen LogP) is 7.07. The number of ether oxygens (including phenoxy) is 7. The lowest BCUT2D eigenvalue weighted by atomic mass is 10.1. The van der Waals surface area contributed by atoms with Crippen LogP contribution in [0.3, 0.4) is 0 Å². The quantitative estimate of drug-likeness (QED) is 0.0364. The van der Waals surface area contributed by atoms with E-state index in [2.05, 4.69) is 61.2 Å². The van der Waals surface area contributed by atoms with E-state index < -0.39 is 29.0 Å². The lowest BCUT2D eigenvalue weighted by molar-refractivity contribution is 0.0262. The number of benzene rings is 5. The first-order valence-corrected chi connectivity index (χ1v) is 35.3. The van der Waals surface area contributed by atoms with Gasteiger partial charge in [0.2, 0.25) is 0 Å². The van der Waals surface area contributed by atoms with Crippen molar-refractivity contribution in [3.8, 4) is 22.5 Å². The molecule has 0 unspecified atom stereocenters. The molecule has 5 heterocycles. The number of nitrogens with two attached hydrogens (primary N) is 2. The minimum absolute atomic E-state index is 0.00530. The molecule has 30 nitrogen and oxygen atoms in total. The summed E-state index contributed by atoms with van der Waals surface area (Å²) in [6, 6.07) is 42.3. The number of morpholine rings is 3. The molecule has 108 heavy (non-hydrogen) atoms. The molecule has 0 bridgehead atoms. The van der Waals surface area contributed by atoms with Crippen LogP contribution in [0.25, 0.3) is 22.5 Å². The first-order chi connectivity index (χ1) is 51.8. The molecule has 5 amide bonds. The van der Waals surface area contributed by atoms with E-state index in [0.717, 1.165) is 136 Å². The third kappa shape index (κ3) is 39.5. The molecule has 3 saturated heterocycles. The molecule has 30 heteroatoms. The monoisotopic (exact) mass is 1500 g/mol. The van der Waals surface area contributed by atoms with Gasteiger partial charge in [-0.1, -0.05) is 115 Å². The number of aliphatic hydroxyl groups excluding tert-OH is 2. The van der Waals surface area contributed by atoms with Crippen molar-refractivity contribution in [2.24, 2.45) is 0 Å². The Hall–Kier alpha value is -10.1. The second-order valence-corrected chi connectivity index (χ2v) is 25.5. The minimum Gasteiger partial charge on any atom is -0.478 e. The number of carboxylic acids is 1. The second-order valence-electron chi connectivity index (χ2n) is 25.5. The molecule has 0 radical (unpaired) electrons. The number of nitrogens with zero attached hydrogens (tertiary/aromatic N) is 7. The summed E-state index contributed by atoms with van der Waals surface area (Å²) in [5.41, 5.74) is 16.3. The van der Waals surface area contributed by atoms with Crippen LogP contribution >= 0.6 is 0 Å². The lowest BCUT2D eigenvalue weighted by Gasteiger charge is -2.25. The van der Waals surface area contributed by atoms with E-state index in [4.69, 9.17) is 59.9 Å². The van der Waals surface area contributed by atoms with Gasteiger partial charge in [-0.25, -0.2) is 34.3 Å². The fourth-order valence-corrected chi connectivity index (χ4v) is 9.38. The number of amides is 5. The number of carbonyl (C=O) groups excluding carboxylic acids is 5. The zero-order chi connectivity index (χ0) is 79.5. The second kappa shape index (κ2) is 52.8. The average Bonchev–Trinajstić information content (AvgIpc) is 0.824. The van der Waals surface area contributed by atoms with Gasteiger partial charge in [-0.3, -0.25) is 29.1 Å². The molecular formula is C78H112N14O16. The fourth-order valence-electron chi connectivity index (χ4n) is 9.38. The number of methoxy groups -OCH3 is 2. The van der Waals surface area contributed by atoms with Gasteiger partial charge in [-0.2, -0.15) is 0 Å². The highest BCUT2D eigenvalue weighted by atomic mass is 16.6. The number of hydrogen-bond donors (Lipinski definition) is 10. The number of nitrogen functional groups attached to an aromatic ring is 2. The smallest absolute Gasteiger partial charge is 0.407 e. The van der Waals surface area contributed by atoms with Crippen molar-refractivity contribution in [3.63, 3.8) is 0 Å². The molecule has 0 saturated carbocycles. The SMILES string of the molecule is CC(C)(C)OC(=O)NCc1ccccc1.CC(C)(C)OC(=O)NCc1ccccc1.CNC(=O)c1nc(-c2cccc(C(=O)NCc3ccccc3)c2)cnc1N.CNC(=O)c1nc(-c2cccc(C(=O)O)c2)cnc1N.CO.COCCN1CCOCC1.COCCN1CCOCC1.OCCN1CCOCC1. The van der Waals surface area contributed by atoms with Gasteiger partial charge in [0.25, 0.3) is 17.7 Å². The van der Waals surface area contributed by atoms with E-state index in [9.17, 15) is 28.8 Å². The van der Waals surface area contributed by atoms with E-state index in [1.54, 1.807) is 50.6 Å². The van der Waals surface area contributed by atoms with E-state index in [-0.39, 0.29) is 53.3 Å². The molecule has 0 atom stereocenters. The maximum absolute atomic E-state index is 12.4. The maximum atomic E-state index is 12.4. The van der Waals surface area contributed by atoms with Gasteiger partial charge in [0.05, 0.1) is 88.8 Å². The van der Waals surface area contributed by atoms with Crippen LogP contribution in [0.1, 0.15) is 99.9 Å². The largest absolute Gasteiger partial charge is 0.478 e. The molecule has 12 N–H and O–H groups in total. The highest BCUT2D eigenvalue weighted by Gasteiger charge is 2.20. The summed E-state index contributed by atoms with van der Waals surface area (Å²) >= 11 is 0. The van der Waals surface area contributed by atoms with Crippen LogP contribution < -0.4 is 38.1 Å². The maximum Gasteiger partial charge on any atom is 0.407 e. The van der Waals surface area contributed by atoms with Gasteiger partial charge in [0, 0.05) is 131 Å². The first kappa shape index (κ1) is 92.1. The first-order valence-electron chi connectivity index (χ1n) is 35.3. The highest BCUT2D eigenvalue weighted by Crippen LogP contribution is 2.22. The molecule has 10 rings (SSSR count). The number of aliphatic hydroxyl groups is 2. The van der Waals surface area contributed by atoms with Crippen LogP contribution in [0.5, 0.6) is 0 Å². The number of rotatable bonds is 20. The molecule has 3 aliphatic heterocycles. The molecule has 3 fully saturated rings. The van der Waals surface area contributed by atoms with Gasteiger partial charge in [0.15, 0.2) is 23.0 Å². The van der Waals surface area contributed by atoms with Crippen molar-refractivity contribution < 1.29 is 77.2 Å². The van der Waals surface area contributed by atoms with E-state index in [0.29, 0.717) is 47.7 Å². The van der Waals surface area contributed by atoms with E-state index >= 15 is 0 Å². The molecule has 590 valence electrons. The third-order valence-corrected chi connectivity index (χ3v) is 14.9. The Morgan fingerprint density at radius 3 is 1.13 bits per heavy atom. The third-order valence-electron chi connectivity index (χ3n) is 14.9. The highest BCUT2D eigenvalue weighted by molar-refractivity contribution is 5.98. The van der Waals surface area contributed by atoms with Crippen molar-refractivity contribution in [2.75, 3.05) is 165 Å².